The number of aromatic nitrogens is 2. The number of hydrogen-bond donors (Lipinski definition) is 2. The molecule has 2 heterocycles. The first-order valence-corrected chi connectivity index (χ1v) is 14.3. The second-order valence-electron chi connectivity index (χ2n) is 10.6. The first-order valence-electron chi connectivity index (χ1n) is 13.5. The maximum absolute atomic E-state index is 14.7. The third kappa shape index (κ3) is 6.44. The summed E-state index contributed by atoms with van der Waals surface area (Å²) < 4.78 is 55.2. The minimum Gasteiger partial charge on any atom is -0.350 e. The lowest BCUT2D eigenvalue weighted by molar-refractivity contribution is -0.138. The summed E-state index contributed by atoms with van der Waals surface area (Å²) in [5.41, 5.74) is -2.25. The third-order valence-electron chi connectivity index (χ3n) is 7.30. The number of nitrogens with zero attached hydrogens (tertiary/aromatic N) is 4. The molecule has 5 rings (SSSR count). The fraction of sp³-hybridized carbons (Fsp3) is 0.226. The molecule has 0 unspecified atom stereocenters. The molecule has 4 aromatic rings. The van der Waals surface area contributed by atoms with Crippen molar-refractivity contribution >= 4 is 39.5 Å². The Morgan fingerprint density at radius 2 is 1.82 bits per heavy atom. The molecule has 0 saturated heterocycles. The van der Waals surface area contributed by atoms with Crippen LogP contribution in [0.2, 0.25) is 0 Å². The first-order chi connectivity index (χ1) is 21.3. The lowest BCUT2D eigenvalue weighted by atomic mass is 10.0. The molecule has 0 aliphatic carbocycles. The molecule has 0 bridgehead atoms. The zero-order valence-electron chi connectivity index (χ0n) is 23.8. The summed E-state index contributed by atoms with van der Waals surface area (Å²) in [4.78, 5) is 43.5. The van der Waals surface area contributed by atoms with Crippen molar-refractivity contribution in [1.29, 1.82) is 5.26 Å². The highest BCUT2D eigenvalue weighted by atomic mass is 32.2. The minimum absolute atomic E-state index is 0.0350. The number of amidine groups is 1. The second-order valence-corrected chi connectivity index (χ2v) is 11.7. The van der Waals surface area contributed by atoms with E-state index in [0.717, 1.165) is 30.0 Å². The van der Waals surface area contributed by atoms with Crippen molar-refractivity contribution in [3.63, 3.8) is 0 Å². The smallest absolute Gasteiger partial charge is 0.350 e. The van der Waals surface area contributed by atoms with Crippen LogP contribution in [0, 0.1) is 17.1 Å². The highest BCUT2D eigenvalue weighted by molar-refractivity contribution is 8.13. The van der Waals surface area contributed by atoms with Gasteiger partial charge in [0, 0.05) is 29.8 Å². The van der Waals surface area contributed by atoms with Gasteiger partial charge >= 0.3 is 6.18 Å². The lowest BCUT2D eigenvalue weighted by Crippen LogP contribution is -2.49. The van der Waals surface area contributed by atoms with E-state index in [1.807, 2.05) is 0 Å². The predicted octanol–water partition coefficient (Wildman–Crippen LogP) is 5.04. The van der Waals surface area contributed by atoms with Crippen molar-refractivity contribution in [3.05, 3.63) is 105 Å². The second kappa shape index (κ2) is 12.2. The number of fused-ring (bicyclic) bond motifs is 1. The van der Waals surface area contributed by atoms with Crippen LogP contribution in [-0.2, 0) is 17.4 Å². The Balaban J connectivity index is 1.29. The summed E-state index contributed by atoms with van der Waals surface area (Å²) in [7, 11) is 0. The van der Waals surface area contributed by atoms with Crippen molar-refractivity contribution in [2.45, 2.75) is 36.9 Å². The monoisotopic (exact) mass is 636 g/mol. The highest BCUT2D eigenvalue weighted by Gasteiger charge is 2.43. The van der Waals surface area contributed by atoms with Gasteiger partial charge in [-0.1, -0.05) is 36.0 Å². The number of alkyl halides is 3. The normalized spacial score (nSPS) is 14.4. The Labute approximate surface area is 258 Å². The van der Waals surface area contributed by atoms with Gasteiger partial charge in [0.1, 0.15) is 11.4 Å². The molecule has 0 saturated carbocycles. The summed E-state index contributed by atoms with van der Waals surface area (Å²) in [6, 6.07) is 15.7. The van der Waals surface area contributed by atoms with Crippen molar-refractivity contribution in [2.24, 2.45) is 4.99 Å². The van der Waals surface area contributed by atoms with Gasteiger partial charge in [-0.25, -0.2) is 9.49 Å². The van der Waals surface area contributed by atoms with Crippen molar-refractivity contribution in [1.82, 2.24) is 20.4 Å². The maximum atomic E-state index is 14.7. The molecule has 230 valence electrons. The number of halogens is 4. The van der Waals surface area contributed by atoms with Gasteiger partial charge in [0.25, 0.3) is 17.4 Å². The number of benzene rings is 3. The Hall–Kier alpha value is -5.03. The maximum Gasteiger partial charge on any atom is 0.417 e. The largest absolute Gasteiger partial charge is 0.417 e. The molecule has 9 nitrogen and oxygen atoms in total. The summed E-state index contributed by atoms with van der Waals surface area (Å²) in [5.74, 6) is -2.00. The van der Waals surface area contributed by atoms with E-state index in [1.54, 1.807) is 43.0 Å². The number of nitrogens with one attached hydrogen (secondary N) is 2. The number of H-pyrrole nitrogens is 1. The SMILES string of the molecule is CC1(C)C(=O)N=C(Sc2ccc(C#N)c(C(F)(F)F)c2)N1CCNC(=O)c1cc(Cc2n[nH]c(=O)c3ccccc23)ccc1F. The number of hydrogen-bond acceptors (Lipinski definition) is 7. The zero-order chi connectivity index (χ0) is 32.5. The number of carbonyl (C=O) groups is 2. The molecule has 3 aromatic carbocycles. The summed E-state index contributed by atoms with van der Waals surface area (Å²) >= 11 is 0.822. The van der Waals surface area contributed by atoms with E-state index in [9.17, 15) is 31.9 Å². The topological polar surface area (TPSA) is 131 Å². The zero-order valence-corrected chi connectivity index (χ0v) is 24.6. The molecule has 0 radical (unpaired) electrons. The lowest BCUT2D eigenvalue weighted by Gasteiger charge is -2.32. The number of rotatable bonds is 7. The van der Waals surface area contributed by atoms with E-state index in [1.165, 1.54) is 24.3 Å². The van der Waals surface area contributed by atoms with Crippen LogP contribution in [0.15, 0.2) is 75.3 Å². The average Bonchev–Trinajstić information content (AvgIpc) is 3.21. The molecule has 45 heavy (non-hydrogen) atoms. The van der Waals surface area contributed by atoms with Crippen LogP contribution in [0.5, 0.6) is 0 Å². The number of aliphatic imine (C=N–C) groups is 1. The number of thioether (sulfide) groups is 1. The van der Waals surface area contributed by atoms with Gasteiger partial charge < -0.3 is 10.2 Å². The minimum atomic E-state index is -4.75. The molecule has 1 aromatic heterocycles. The summed E-state index contributed by atoms with van der Waals surface area (Å²) in [6.45, 7) is 3.16. The third-order valence-corrected chi connectivity index (χ3v) is 8.28. The first kappa shape index (κ1) is 31.4. The van der Waals surface area contributed by atoms with Gasteiger partial charge in [0.2, 0.25) is 0 Å². The van der Waals surface area contributed by atoms with Crippen LogP contribution in [0.25, 0.3) is 10.8 Å². The number of aromatic amines is 1. The molecule has 1 aliphatic rings. The van der Waals surface area contributed by atoms with E-state index >= 15 is 0 Å². The van der Waals surface area contributed by atoms with Gasteiger partial charge in [-0.2, -0.15) is 28.5 Å². The molecular weight excluding hydrogens is 612 g/mol. The van der Waals surface area contributed by atoms with Crippen LogP contribution in [0.4, 0.5) is 17.6 Å². The Morgan fingerprint density at radius 3 is 2.53 bits per heavy atom. The number of carbonyl (C=O) groups excluding carboxylic acids is 2. The molecule has 1 aliphatic heterocycles. The van der Waals surface area contributed by atoms with Gasteiger partial charge in [-0.05, 0) is 55.8 Å². The van der Waals surface area contributed by atoms with E-state index in [-0.39, 0.29) is 40.7 Å². The Morgan fingerprint density at radius 1 is 1.09 bits per heavy atom. The van der Waals surface area contributed by atoms with Gasteiger partial charge in [0.05, 0.1) is 33.8 Å². The van der Waals surface area contributed by atoms with E-state index in [0.29, 0.717) is 22.0 Å². The molecular formula is C31H24F4N6O3S. The summed E-state index contributed by atoms with van der Waals surface area (Å²) in [6.07, 6.45) is -4.54. The molecule has 0 fully saturated rings. The Kier molecular flexibility index (Phi) is 8.48. The molecule has 0 spiro atoms. The van der Waals surface area contributed by atoms with Crippen molar-refractivity contribution in [2.75, 3.05) is 13.1 Å². The molecule has 2 N–H and O–H groups in total. The number of amides is 2. The number of nitriles is 1. The summed E-state index contributed by atoms with van der Waals surface area (Å²) in [5, 5.41) is 19.5. The van der Waals surface area contributed by atoms with Gasteiger partial charge in [-0.15, -0.1) is 0 Å². The van der Waals surface area contributed by atoms with E-state index in [4.69, 9.17) is 5.26 Å². The van der Waals surface area contributed by atoms with E-state index in [2.05, 4.69) is 20.5 Å². The Bertz CT molecular complexity index is 1970. The van der Waals surface area contributed by atoms with Crippen molar-refractivity contribution < 1.29 is 27.2 Å². The molecule has 14 heteroatoms. The van der Waals surface area contributed by atoms with E-state index < -0.39 is 40.5 Å². The standard InChI is InChI=1S/C31H24F4N6O3S/c1-30(2)28(44)38-29(45-19-9-8-18(16-36)23(15-19)31(33,34)35)41(30)12-11-37-26(42)22-13-17(7-10-24(22)32)14-25-20-5-3-4-6-21(20)27(43)40-39-25/h3-10,13,15H,11-12,14H2,1-2H3,(H,37,42)(H,40,43). The van der Waals surface area contributed by atoms with Crippen LogP contribution in [-0.4, -0.2) is 50.7 Å². The van der Waals surface area contributed by atoms with Crippen LogP contribution in [0.1, 0.15) is 46.6 Å². The fourth-order valence-electron chi connectivity index (χ4n) is 4.85. The fourth-order valence-corrected chi connectivity index (χ4v) is 5.93. The molecule has 2 amide bonds. The van der Waals surface area contributed by atoms with Gasteiger partial charge in [-0.3, -0.25) is 14.4 Å². The van der Waals surface area contributed by atoms with Crippen molar-refractivity contribution in [3.8, 4) is 6.07 Å². The van der Waals surface area contributed by atoms with Crippen LogP contribution >= 0.6 is 11.8 Å². The quantitative estimate of drug-likeness (QED) is 0.272. The van der Waals surface area contributed by atoms with Crippen LogP contribution < -0.4 is 10.9 Å². The van der Waals surface area contributed by atoms with Crippen LogP contribution in [0.3, 0.4) is 0 Å². The highest BCUT2D eigenvalue weighted by Crippen LogP contribution is 2.37. The molecule has 0 atom stereocenters. The average molecular weight is 637 g/mol. The predicted molar refractivity (Wildman–Crippen MR) is 159 cm³/mol. The van der Waals surface area contributed by atoms with Gasteiger partial charge in [0.15, 0.2) is 5.17 Å².